The van der Waals surface area contributed by atoms with Crippen LogP contribution in [0.2, 0.25) is 0 Å². The average Bonchev–Trinajstić information content (AvgIpc) is 1.52. The summed E-state index contributed by atoms with van der Waals surface area (Å²) in [5, 5.41) is 82.3. The van der Waals surface area contributed by atoms with E-state index in [0.29, 0.717) is 62.4 Å². The number of aliphatic hydroxyl groups is 4. The molecule has 0 bridgehead atoms. The number of hydrogen-bond donors (Lipinski definition) is 10. The van der Waals surface area contributed by atoms with Crippen molar-refractivity contribution in [1.82, 2.24) is 97.9 Å². The summed E-state index contributed by atoms with van der Waals surface area (Å²) in [5.41, 5.74) is 9.67. The van der Waals surface area contributed by atoms with Crippen molar-refractivity contribution in [1.29, 1.82) is 0 Å². The molecular weight excluding hydrogens is 1970 g/mol. The summed E-state index contributed by atoms with van der Waals surface area (Å²) in [4.78, 5) is 51.4. The van der Waals surface area contributed by atoms with E-state index in [4.69, 9.17) is 19.9 Å². The average molecular weight is 2090 g/mol. The van der Waals surface area contributed by atoms with Crippen LogP contribution in [-0.2, 0) is 39.1 Å². The number of nitrogens with zero attached hydrogens (tertiary/aromatic N) is 23. The molecule has 19 rings (SSSR count). The first kappa shape index (κ1) is 94.0. The highest BCUT2D eigenvalue weighted by Crippen LogP contribution is 2.65. The highest BCUT2D eigenvalue weighted by Gasteiger charge is 2.66. The van der Waals surface area contributed by atoms with Crippen LogP contribution in [0.4, 0.5) is 52.4 Å². The second kappa shape index (κ2) is 41.4. The molecule has 6 atom stereocenters. The van der Waals surface area contributed by atoms with Crippen molar-refractivity contribution in [2.45, 2.75) is 170 Å². The first-order chi connectivity index (χ1) is 62.5. The Morgan fingerprint density at radius 1 is 0.454 bits per heavy atom. The van der Waals surface area contributed by atoms with Gasteiger partial charge in [-0.2, -0.15) is 48.1 Å². The number of pyridine rings is 5. The van der Waals surface area contributed by atoms with Crippen LogP contribution in [0.1, 0.15) is 135 Å². The number of piperidine rings is 1. The third-order valence-electron chi connectivity index (χ3n) is 24.2. The van der Waals surface area contributed by atoms with Gasteiger partial charge in [0, 0.05) is 176 Å². The quantitative estimate of drug-likeness (QED) is 0.0229. The van der Waals surface area contributed by atoms with Gasteiger partial charge in [-0.25, -0.2) is 24.9 Å². The fraction of sp³-hybridized carbons (Fsp3) is 0.402. The molecular formula is C92H110Br5N29O4. The van der Waals surface area contributed by atoms with Crippen LogP contribution >= 0.6 is 79.6 Å². The van der Waals surface area contributed by atoms with Gasteiger partial charge in [0.05, 0.1) is 77.6 Å². The Kier molecular flexibility index (Phi) is 29.9. The van der Waals surface area contributed by atoms with Gasteiger partial charge in [0.1, 0.15) is 52.4 Å². The molecule has 0 unspecified atom stereocenters. The number of aliphatic hydroxyl groups excluding tert-OH is 3. The first-order valence-corrected chi connectivity index (χ1v) is 47.4. The molecule has 33 nitrogen and oxygen atoms in total. The van der Waals surface area contributed by atoms with Crippen molar-refractivity contribution >= 4 is 160 Å². The van der Waals surface area contributed by atoms with Gasteiger partial charge in [0.25, 0.3) is 0 Å². The highest BCUT2D eigenvalue weighted by molar-refractivity contribution is 9.11. The smallest absolute Gasteiger partial charge is 0.173 e. The van der Waals surface area contributed by atoms with Crippen LogP contribution < -0.4 is 46.6 Å². The molecule has 1 aliphatic carbocycles. The van der Waals surface area contributed by atoms with Gasteiger partial charge in [-0.05, 0) is 225 Å². The lowest BCUT2D eigenvalue weighted by Gasteiger charge is -2.34. The Hall–Kier alpha value is -10.7. The molecule has 3 saturated heterocycles. The second-order valence-corrected chi connectivity index (χ2v) is 40.2. The summed E-state index contributed by atoms with van der Waals surface area (Å²) in [7, 11) is 0. The lowest BCUT2D eigenvalue weighted by atomic mass is 9.88. The van der Waals surface area contributed by atoms with E-state index in [9.17, 15) is 20.4 Å². The van der Waals surface area contributed by atoms with Gasteiger partial charge in [0.15, 0.2) is 28.2 Å². The van der Waals surface area contributed by atoms with E-state index in [2.05, 4.69) is 223 Å². The Morgan fingerprint density at radius 3 is 1.18 bits per heavy atom. The first-order valence-electron chi connectivity index (χ1n) is 43.5. The topological polar surface area (TPSA) is 378 Å². The van der Waals surface area contributed by atoms with Crippen molar-refractivity contribution < 1.29 is 20.4 Å². The Morgan fingerprint density at radius 2 is 0.815 bits per heavy atom. The van der Waals surface area contributed by atoms with Crippen LogP contribution in [0.5, 0.6) is 0 Å². The van der Waals surface area contributed by atoms with Gasteiger partial charge in [-0.3, -0.25) is 24.9 Å². The number of hydrogen-bond acceptors (Lipinski definition) is 28. The maximum atomic E-state index is 10.6. The van der Waals surface area contributed by atoms with E-state index >= 15 is 0 Å². The lowest BCUT2D eigenvalue weighted by molar-refractivity contribution is 0.0533. The third kappa shape index (κ3) is 22.4. The van der Waals surface area contributed by atoms with Crippen molar-refractivity contribution in [2.75, 3.05) is 86.1 Å². The van der Waals surface area contributed by atoms with Gasteiger partial charge < -0.3 is 67.0 Å². The zero-order valence-corrected chi connectivity index (χ0v) is 82.2. The van der Waals surface area contributed by atoms with E-state index in [1.807, 2.05) is 150 Å². The molecule has 1 saturated carbocycles. The number of nitrogens with one attached hydrogen (secondary N) is 6. The largest absolute Gasteiger partial charge is 0.396 e. The van der Waals surface area contributed by atoms with Crippen molar-refractivity contribution in [3.63, 3.8) is 0 Å². The standard InChI is InChI=1S/C20H23BrN6O.C19H23BrN6O.C18H21BrN6O.C18H23BrN6.C17H20BrN5O/c1-20(2)13-10-26(15(11-28)18(13)20)17-6-16(23-8-12-4-3-5-22-7-12)27-19(25-17)14(21)9-24-27;1-19(2,27)15-6-4-8-25(15)17-9-16(22-11-13-5-3-7-21-10-13)26-18(24-17)14(20)12-23-26;19-15-12-22-25-16(21-11-13-3-1-6-20-10-13)9-17(23-18(15)25)24-7-2-4-14(24)5-8-26;1-12(18(2,3)4)23-15-8-16(21-10-13-6-5-7-20-9-13)25-17(24-15)14(19)11-22-25;1-17(2,11-24)7-13-6-15(20-9-12-4-3-5-19-8-12)23-16(22-13)14(18)10-21-23/h3-7,9,13,15,18,23,28H,8,10-11H2,1-2H3;3,5,7,9-10,12,15,22,27H,4,6,8,11H2,1-2H3;1,3,6,9-10,12,14,21,26H,2,4-5,7-8,11H2;5-9,11-12,21H,10H2,1-4H3,(H,23,24);3-6,8,10,20,24H,7,9,11H2,1-2H3/t13-,15+,18-;15-;14-;12-;/m0001./s1. The summed E-state index contributed by atoms with van der Waals surface area (Å²) < 4.78 is 13.2. The third-order valence-corrected chi connectivity index (χ3v) is 27.0. The molecule has 682 valence electrons. The monoisotopic (exact) mass is 2080 g/mol. The minimum absolute atomic E-state index is 0.0420. The molecule has 4 fully saturated rings. The van der Waals surface area contributed by atoms with Crippen molar-refractivity contribution in [3.05, 3.63) is 240 Å². The molecule has 4 aliphatic rings. The molecule has 0 spiro atoms. The fourth-order valence-corrected chi connectivity index (χ4v) is 18.4. The minimum Gasteiger partial charge on any atom is -0.396 e. The van der Waals surface area contributed by atoms with Crippen LogP contribution in [0.3, 0.4) is 0 Å². The maximum absolute atomic E-state index is 10.6. The summed E-state index contributed by atoms with van der Waals surface area (Å²) in [6.07, 6.45) is 32.5. The van der Waals surface area contributed by atoms with Gasteiger partial charge in [-0.15, -0.1) is 0 Å². The number of fused-ring (bicyclic) bond motifs is 6. The second-order valence-electron chi connectivity index (χ2n) is 36.0. The predicted molar refractivity (Wildman–Crippen MR) is 526 cm³/mol. The molecule has 3 aliphatic heterocycles. The highest BCUT2D eigenvalue weighted by atomic mass is 79.9. The maximum Gasteiger partial charge on any atom is 0.173 e. The van der Waals surface area contributed by atoms with Gasteiger partial charge in [0.2, 0.25) is 0 Å². The van der Waals surface area contributed by atoms with Crippen LogP contribution in [0.15, 0.2) is 206 Å². The van der Waals surface area contributed by atoms with E-state index in [0.717, 1.165) is 188 Å². The molecule has 130 heavy (non-hydrogen) atoms. The van der Waals surface area contributed by atoms with Crippen LogP contribution in [-0.4, -0.2) is 188 Å². The number of anilines is 9. The lowest BCUT2D eigenvalue weighted by Crippen LogP contribution is -2.46. The van der Waals surface area contributed by atoms with Crippen LogP contribution in [0.25, 0.3) is 28.2 Å². The molecule has 0 aromatic carbocycles. The fourth-order valence-electron chi connectivity index (χ4n) is 16.7. The van der Waals surface area contributed by atoms with Crippen molar-refractivity contribution in [3.8, 4) is 0 Å². The Labute approximate surface area is 796 Å². The number of halogens is 5. The molecule has 0 radical (unpaired) electrons. The number of aromatic nitrogens is 20. The molecule has 38 heteroatoms. The Bertz CT molecular complexity index is 6280. The predicted octanol–water partition coefficient (Wildman–Crippen LogP) is 16.4. The zero-order valence-electron chi connectivity index (χ0n) is 74.3. The molecule has 15 aromatic heterocycles. The number of rotatable bonds is 27. The summed E-state index contributed by atoms with van der Waals surface area (Å²) in [6, 6.07) is 30.6. The van der Waals surface area contributed by atoms with E-state index in [1.165, 1.54) is 0 Å². The SMILES string of the molecule is CC(C)(CO)Cc1cc(NCc2cccnc2)n2ncc(Br)c2n1.CC(C)(O)[C@@H]1CCCN1c1cc(NCc2cccnc2)n2ncc(Br)c2n1.CC1(C)[C@@H]2[C@@H](CO)N(c3cc(NCc4cccnc4)n4ncc(Br)c4n3)C[C@@H]21.C[C@@H](Nc1cc(NCc2cccnc2)n2ncc(Br)c2n1)C(C)(C)C.OCC[C@@H]1CCCN1c1cc(NCc2cccnc2)n2ncc(Br)c2n1. The molecule has 10 N–H and O–H groups in total. The van der Waals surface area contributed by atoms with E-state index < -0.39 is 5.60 Å². The van der Waals surface area contributed by atoms with Crippen molar-refractivity contribution in [2.24, 2.45) is 28.1 Å². The zero-order chi connectivity index (χ0) is 91.6. The minimum atomic E-state index is -0.787. The van der Waals surface area contributed by atoms with Gasteiger partial charge >= 0.3 is 0 Å². The summed E-state index contributed by atoms with van der Waals surface area (Å²) in [5.74, 6) is 8.95. The summed E-state index contributed by atoms with van der Waals surface area (Å²) >= 11 is 17.7. The summed E-state index contributed by atoms with van der Waals surface area (Å²) in [6.45, 7) is 27.6. The van der Waals surface area contributed by atoms with E-state index in [1.54, 1.807) is 84.5 Å². The van der Waals surface area contributed by atoms with E-state index in [-0.39, 0.29) is 48.8 Å². The molecule has 15 aromatic rings. The normalized spacial score (nSPS) is 17.2. The van der Waals surface area contributed by atoms with Crippen LogP contribution in [0, 0.1) is 28.1 Å². The Balaban J connectivity index is 0.000000125. The molecule has 18 heterocycles. The van der Waals surface area contributed by atoms with Gasteiger partial charge in [-0.1, -0.05) is 78.8 Å². The molecule has 0 amide bonds.